The molecule has 1 aromatic heterocycles. The van der Waals surface area contributed by atoms with E-state index in [1.165, 1.54) is 25.3 Å². The summed E-state index contributed by atoms with van der Waals surface area (Å²) in [6.07, 6.45) is 1.69. The van der Waals surface area contributed by atoms with Crippen LogP contribution in [0.1, 0.15) is 27.3 Å². The van der Waals surface area contributed by atoms with Crippen LogP contribution in [-0.2, 0) is 20.9 Å². The van der Waals surface area contributed by atoms with Crippen LogP contribution in [0.4, 0.5) is 0 Å². The van der Waals surface area contributed by atoms with Crippen LogP contribution in [-0.4, -0.2) is 36.1 Å². The van der Waals surface area contributed by atoms with Crippen LogP contribution in [0.5, 0.6) is 5.75 Å². The highest BCUT2D eigenvalue weighted by molar-refractivity contribution is 6.21. The number of hydrogen-bond donors (Lipinski definition) is 1. The van der Waals surface area contributed by atoms with E-state index in [1.807, 2.05) is 36.4 Å². The molecule has 0 fully saturated rings. The minimum absolute atomic E-state index is 0.141. The average Bonchev–Trinajstić information content (AvgIpc) is 2.90. The van der Waals surface area contributed by atoms with E-state index in [1.54, 1.807) is 31.4 Å². The van der Waals surface area contributed by atoms with E-state index in [2.05, 4.69) is 9.97 Å². The predicted octanol–water partition coefficient (Wildman–Crippen LogP) is 4.00. The van der Waals surface area contributed by atoms with Crippen LogP contribution in [0.15, 0.2) is 77.6 Å². The molecular weight excluding hydrogens is 448 g/mol. The minimum Gasteiger partial charge on any atom is -0.496 e. The van der Waals surface area contributed by atoms with Crippen LogP contribution in [0.2, 0.25) is 0 Å². The first kappa shape index (κ1) is 23.4. The van der Waals surface area contributed by atoms with Gasteiger partial charge in [-0.05, 0) is 35.9 Å². The van der Waals surface area contributed by atoms with E-state index in [0.29, 0.717) is 27.8 Å². The Labute approximate surface area is 200 Å². The van der Waals surface area contributed by atoms with Crippen LogP contribution in [0, 0.1) is 0 Å². The van der Waals surface area contributed by atoms with Gasteiger partial charge in [0.2, 0.25) is 0 Å². The summed E-state index contributed by atoms with van der Waals surface area (Å²) in [7, 11) is 2.83. The maximum Gasteiger partial charge on any atom is 0.339 e. The summed E-state index contributed by atoms with van der Waals surface area (Å²) in [6, 6.07) is 20.8. The van der Waals surface area contributed by atoms with Crippen molar-refractivity contribution in [1.29, 1.82) is 0 Å². The van der Waals surface area contributed by atoms with E-state index < -0.39 is 17.5 Å². The molecule has 176 valence electrons. The van der Waals surface area contributed by atoms with Gasteiger partial charge in [-0.15, -0.1) is 0 Å². The van der Waals surface area contributed by atoms with Crippen LogP contribution < -0.4 is 10.3 Å². The van der Waals surface area contributed by atoms with E-state index in [9.17, 15) is 14.4 Å². The zero-order valence-electron chi connectivity index (χ0n) is 19.1. The monoisotopic (exact) mass is 470 g/mol. The van der Waals surface area contributed by atoms with Crippen molar-refractivity contribution in [3.8, 4) is 5.75 Å². The summed E-state index contributed by atoms with van der Waals surface area (Å²) in [5, 5.41) is 0.300. The van der Waals surface area contributed by atoms with Gasteiger partial charge < -0.3 is 19.2 Å². The molecule has 1 N–H and O–H groups in total. The number of esters is 2. The van der Waals surface area contributed by atoms with Crippen LogP contribution in [0.3, 0.4) is 0 Å². The number of aromatic amines is 1. The van der Waals surface area contributed by atoms with Crippen molar-refractivity contribution >= 4 is 34.5 Å². The number of H-pyrrole nitrogens is 1. The number of hydrogen-bond acceptors (Lipinski definition) is 7. The molecule has 0 atom stereocenters. The largest absolute Gasteiger partial charge is 0.496 e. The fourth-order valence-electron chi connectivity index (χ4n) is 3.53. The molecule has 1 heterocycles. The van der Waals surface area contributed by atoms with Gasteiger partial charge in [-0.1, -0.05) is 48.5 Å². The first-order valence-corrected chi connectivity index (χ1v) is 10.7. The third kappa shape index (κ3) is 5.27. The standard InChI is InChI=1S/C27H22N2O6/c1-33-23-11-7-6-10-18(23)14-21(17-8-4-3-5-9-17)27(32)35-16-24-28-22-15-19(26(31)34-2)12-13-20(22)25(30)29-24/h3-15H,16H2,1-2H3,(H,28,29,30)/b21-14+. The normalized spacial score (nSPS) is 11.2. The first-order chi connectivity index (χ1) is 17.0. The molecule has 3 aromatic carbocycles. The molecule has 0 aliphatic rings. The van der Waals surface area contributed by atoms with Crippen molar-refractivity contribution in [2.24, 2.45) is 0 Å². The fraction of sp³-hybridized carbons (Fsp3) is 0.111. The smallest absolute Gasteiger partial charge is 0.339 e. The molecule has 0 unspecified atom stereocenters. The van der Waals surface area contributed by atoms with Gasteiger partial charge in [-0.2, -0.15) is 0 Å². The third-order valence-corrected chi connectivity index (χ3v) is 5.26. The lowest BCUT2D eigenvalue weighted by atomic mass is 10.0. The minimum atomic E-state index is -0.604. The lowest BCUT2D eigenvalue weighted by molar-refractivity contribution is -0.138. The molecule has 0 saturated carbocycles. The zero-order chi connectivity index (χ0) is 24.8. The van der Waals surface area contributed by atoms with Crippen LogP contribution in [0.25, 0.3) is 22.6 Å². The van der Waals surface area contributed by atoms with E-state index >= 15 is 0 Å². The summed E-state index contributed by atoms with van der Waals surface area (Å²) < 4.78 is 15.6. The molecule has 0 saturated heterocycles. The molecule has 0 amide bonds. The Hall–Kier alpha value is -4.72. The van der Waals surface area contributed by atoms with Gasteiger partial charge in [0.05, 0.1) is 36.3 Å². The summed E-state index contributed by atoms with van der Waals surface area (Å²) in [6.45, 7) is -0.275. The number of nitrogens with one attached hydrogen (secondary N) is 1. The number of para-hydroxylation sites is 1. The molecule has 0 aliphatic carbocycles. The molecule has 0 bridgehead atoms. The number of ether oxygens (including phenoxy) is 3. The maximum absolute atomic E-state index is 13.1. The van der Waals surface area contributed by atoms with E-state index in [0.717, 1.165) is 0 Å². The summed E-state index contributed by atoms with van der Waals surface area (Å²) in [5.74, 6) is -0.401. The van der Waals surface area contributed by atoms with Crippen molar-refractivity contribution in [3.63, 3.8) is 0 Å². The highest BCUT2D eigenvalue weighted by Gasteiger charge is 2.16. The number of carbonyl (C=O) groups excluding carboxylic acids is 2. The van der Waals surface area contributed by atoms with Gasteiger partial charge >= 0.3 is 11.9 Å². The molecule has 35 heavy (non-hydrogen) atoms. The Balaban J connectivity index is 1.64. The Kier molecular flexibility index (Phi) is 7.02. The Bertz CT molecular complexity index is 1470. The molecule has 0 spiro atoms. The lowest BCUT2D eigenvalue weighted by Crippen LogP contribution is -2.15. The number of benzene rings is 3. The number of rotatable bonds is 7. The molecule has 0 aliphatic heterocycles. The third-order valence-electron chi connectivity index (χ3n) is 5.26. The molecular formula is C27H22N2O6. The van der Waals surface area contributed by atoms with Gasteiger partial charge in [0.1, 0.15) is 18.2 Å². The SMILES string of the molecule is COC(=O)c1ccc2c(=O)[nH]c(COC(=O)/C(=C/c3ccccc3OC)c3ccccc3)nc2c1. The molecule has 0 radical (unpaired) electrons. The average molecular weight is 470 g/mol. The number of nitrogens with zero attached hydrogens (tertiary/aromatic N) is 1. The summed E-state index contributed by atoms with van der Waals surface area (Å²) >= 11 is 0. The van der Waals surface area contributed by atoms with Crippen LogP contribution >= 0.6 is 0 Å². The van der Waals surface area contributed by atoms with Crippen molar-refractivity contribution in [2.45, 2.75) is 6.61 Å². The van der Waals surface area contributed by atoms with Gasteiger partial charge in [0, 0.05) is 5.56 Å². The molecule has 4 aromatic rings. The number of aromatic nitrogens is 2. The zero-order valence-corrected chi connectivity index (χ0v) is 19.1. The topological polar surface area (TPSA) is 108 Å². The Morgan fingerprint density at radius 1 is 0.943 bits per heavy atom. The second-order valence-electron chi connectivity index (χ2n) is 7.48. The fourth-order valence-corrected chi connectivity index (χ4v) is 3.53. The number of carbonyl (C=O) groups is 2. The van der Waals surface area contributed by atoms with Gasteiger partial charge in [-0.25, -0.2) is 14.6 Å². The molecule has 4 rings (SSSR count). The van der Waals surface area contributed by atoms with E-state index in [-0.39, 0.29) is 23.5 Å². The number of methoxy groups -OCH3 is 2. The highest BCUT2D eigenvalue weighted by atomic mass is 16.5. The Morgan fingerprint density at radius 3 is 2.43 bits per heavy atom. The molecule has 8 heteroatoms. The summed E-state index contributed by atoms with van der Waals surface area (Å²) in [5.41, 5.74) is 1.81. The maximum atomic E-state index is 13.1. The molecule has 8 nitrogen and oxygen atoms in total. The highest BCUT2D eigenvalue weighted by Crippen LogP contribution is 2.25. The predicted molar refractivity (Wildman–Crippen MR) is 131 cm³/mol. The quantitative estimate of drug-likeness (QED) is 0.247. The van der Waals surface area contributed by atoms with Gasteiger partial charge in [0.25, 0.3) is 5.56 Å². The van der Waals surface area contributed by atoms with Crippen molar-refractivity contribution in [2.75, 3.05) is 14.2 Å². The van der Waals surface area contributed by atoms with Crippen molar-refractivity contribution in [3.05, 3.63) is 106 Å². The van der Waals surface area contributed by atoms with Gasteiger partial charge in [-0.3, -0.25) is 4.79 Å². The van der Waals surface area contributed by atoms with Crippen molar-refractivity contribution < 1.29 is 23.8 Å². The first-order valence-electron chi connectivity index (χ1n) is 10.7. The lowest BCUT2D eigenvalue weighted by Gasteiger charge is -2.11. The van der Waals surface area contributed by atoms with E-state index in [4.69, 9.17) is 14.2 Å². The summed E-state index contributed by atoms with van der Waals surface area (Å²) in [4.78, 5) is 44.4. The van der Waals surface area contributed by atoms with Crippen molar-refractivity contribution in [1.82, 2.24) is 9.97 Å². The van der Waals surface area contributed by atoms with Gasteiger partial charge in [0.15, 0.2) is 0 Å². The Morgan fingerprint density at radius 2 is 1.69 bits per heavy atom. The second-order valence-corrected chi connectivity index (χ2v) is 7.48. The second kappa shape index (κ2) is 10.5. The number of fused-ring (bicyclic) bond motifs is 1.